The molecule has 0 unspecified atom stereocenters. The van der Waals surface area contributed by atoms with Crippen LogP contribution < -0.4 is 0 Å². The molecule has 2 aromatic heterocycles. The summed E-state index contributed by atoms with van der Waals surface area (Å²) in [6, 6.07) is 7.21. The SMILES string of the molecule is Cc1c(F)cc2ccccn12. The standard InChI is InChI=1S/C9H8FN/c1-7-9(10)6-8-4-2-3-5-11(7)8/h2-6H,1H3. The lowest BCUT2D eigenvalue weighted by molar-refractivity contribution is 0.617. The van der Waals surface area contributed by atoms with Gasteiger partial charge in [0.25, 0.3) is 0 Å². The number of hydrogen-bond donors (Lipinski definition) is 0. The molecule has 0 spiro atoms. The van der Waals surface area contributed by atoms with Gasteiger partial charge in [-0.15, -0.1) is 0 Å². The Hall–Kier alpha value is -1.31. The molecular formula is C9H8FN. The van der Waals surface area contributed by atoms with Crippen LogP contribution in [0.5, 0.6) is 0 Å². The molecule has 0 N–H and O–H groups in total. The van der Waals surface area contributed by atoms with E-state index in [2.05, 4.69) is 0 Å². The van der Waals surface area contributed by atoms with Crippen molar-refractivity contribution >= 4 is 5.52 Å². The van der Waals surface area contributed by atoms with Crippen LogP contribution in [0, 0.1) is 12.7 Å². The zero-order valence-corrected chi connectivity index (χ0v) is 6.21. The van der Waals surface area contributed by atoms with E-state index < -0.39 is 0 Å². The summed E-state index contributed by atoms with van der Waals surface area (Å²) in [6.07, 6.45) is 1.85. The van der Waals surface area contributed by atoms with Crippen LogP contribution >= 0.6 is 0 Å². The summed E-state index contributed by atoms with van der Waals surface area (Å²) in [5, 5.41) is 0. The Morgan fingerprint density at radius 3 is 2.91 bits per heavy atom. The molecule has 0 aliphatic heterocycles. The first-order chi connectivity index (χ1) is 5.29. The predicted molar refractivity (Wildman–Crippen MR) is 42.1 cm³/mol. The van der Waals surface area contributed by atoms with E-state index in [1.54, 1.807) is 6.92 Å². The summed E-state index contributed by atoms with van der Waals surface area (Å²) in [4.78, 5) is 0. The summed E-state index contributed by atoms with van der Waals surface area (Å²) in [5.41, 5.74) is 1.57. The van der Waals surface area contributed by atoms with Crippen LogP contribution in [-0.2, 0) is 0 Å². The van der Waals surface area contributed by atoms with Crippen LogP contribution in [0.4, 0.5) is 4.39 Å². The Morgan fingerprint density at radius 1 is 1.36 bits per heavy atom. The van der Waals surface area contributed by atoms with Crippen molar-refractivity contribution in [1.82, 2.24) is 4.40 Å². The third kappa shape index (κ3) is 0.827. The smallest absolute Gasteiger partial charge is 0.144 e. The molecular weight excluding hydrogens is 141 g/mol. The lowest BCUT2D eigenvalue weighted by Gasteiger charge is -1.93. The molecule has 0 amide bonds. The van der Waals surface area contributed by atoms with E-state index in [-0.39, 0.29) is 5.82 Å². The minimum atomic E-state index is -0.142. The maximum atomic E-state index is 12.9. The van der Waals surface area contributed by atoms with E-state index in [9.17, 15) is 4.39 Å². The second kappa shape index (κ2) is 2.09. The van der Waals surface area contributed by atoms with Crippen LogP contribution in [0.15, 0.2) is 30.5 Å². The van der Waals surface area contributed by atoms with Crippen molar-refractivity contribution in [3.8, 4) is 0 Å². The first kappa shape index (κ1) is 6.40. The minimum Gasteiger partial charge on any atom is -0.318 e. The molecule has 0 atom stereocenters. The van der Waals surface area contributed by atoms with Crippen molar-refractivity contribution < 1.29 is 4.39 Å². The topological polar surface area (TPSA) is 4.41 Å². The minimum absolute atomic E-state index is 0.142. The van der Waals surface area contributed by atoms with E-state index in [0.717, 1.165) is 5.52 Å². The number of hydrogen-bond acceptors (Lipinski definition) is 0. The van der Waals surface area contributed by atoms with E-state index in [0.29, 0.717) is 5.69 Å². The van der Waals surface area contributed by atoms with Gasteiger partial charge in [-0.2, -0.15) is 0 Å². The highest BCUT2D eigenvalue weighted by molar-refractivity contribution is 5.49. The fourth-order valence-corrected chi connectivity index (χ4v) is 1.23. The molecule has 0 saturated heterocycles. The largest absolute Gasteiger partial charge is 0.318 e. The Morgan fingerprint density at radius 2 is 2.18 bits per heavy atom. The number of rotatable bonds is 0. The number of aryl methyl sites for hydroxylation is 1. The van der Waals surface area contributed by atoms with Gasteiger partial charge in [-0.1, -0.05) is 6.07 Å². The second-order valence-corrected chi connectivity index (χ2v) is 2.57. The van der Waals surface area contributed by atoms with Gasteiger partial charge in [0.15, 0.2) is 0 Å². The zero-order valence-electron chi connectivity index (χ0n) is 6.21. The number of halogens is 1. The van der Waals surface area contributed by atoms with Crippen LogP contribution in [-0.4, -0.2) is 4.40 Å². The molecule has 0 radical (unpaired) electrons. The molecule has 0 aliphatic carbocycles. The van der Waals surface area contributed by atoms with Crippen LogP contribution in [0.3, 0.4) is 0 Å². The van der Waals surface area contributed by atoms with Crippen molar-refractivity contribution in [2.24, 2.45) is 0 Å². The second-order valence-electron chi connectivity index (χ2n) is 2.57. The normalized spacial score (nSPS) is 10.7. The van der Waals surface area contributed by atoms with Crippen molar-refractivity contribution in [2.75, 3.05) is 0 Å². The van der Waals surface area contributed by atoms with Gasteiger partial charge in [-0.3, -0.25) is 0 Å². The number of fused-ring (bicyclic) bond motifs is 1. The molecule has 0 aromatic carbocycles. The van der Waals surface area contributed by atoms with Crippen LogP contribution in [0.25, 0.3) is 5.52 Å². The molecule has 56 valence electrons. The molecule has 0 saturated carbocycles. The molecule has 11 heavy (non-hydrogen) atoms. The van der Waals surface area contributed by atoms with E-state index >= 15 is 0 Å². The van der Waals surface area contributed by atoms with Crippen LogP contribution in [0.2, 0.25) is 0 Å². The van der Waals surface area contributed by atoms with Crippen molar-refractivity contribution in [3.63, 3.8) is 0 Å². The Kier molecular flexibility index (Phi) is 1.22. The molecule has 0 fully saturated rings. The quantitative estimate of drug-likeness (QED) is 0.541. The predicted octanol–water partition coefficient (Wildman–Crippen LogP) is 2.39. The van der Waals surface area contributed by atoms with Gasteiger partial charge in [-0.05, 0) is 25.1 Å². The number of aromatic nitrogens is 1. The molecule has 2 rings (SSSR count). The molecule has 0 aliphatic rings. The highest BCUT2D eigenvalue weighted by Crippen LogP contribution is 2.12. The van der Waals surface area contributed by atoms with Crippen LogP contribution in [0.1, 0.15) is 5.69 Å². The average molecular weight is 149 g/mol. The van der Waals surface area contributed by atoms with E-state index in [1.165, 1.54) is 6.07 Å². The lowest BCUT2D eigenvalue weighted by atomic mass is 10.4. The van der Waals surface area contributed by atoms with Crippen molar-refractivity contribution in [1.29, 1.82) is 0 Å². The first-order valence-electron chi connectivity index (χ1n) is 3.51. The summed E-state index contributed by atoms with van der Waals surface area (Å²) < 4.78 is 14.7. The number of nitrogens with zero attached hydrogens (tertiary/aromatic N) is 1. The summed E-state index contributed by atoms with van der Waals surface area (Å²) >= 11 is 0. The number of pyridine rings is 1. The van der Waals surface area contributed by atoms with E-state index in [4.69, 9.17) is 0 Å². The first-order valence-corrected chi connectivity index (χ1v) is 3.51. The highest BCUT2D eigenvalue weighted by atomic mass is 19.1. The summed E-state index contributed by atoms with van der Waals surface area (Å²) in [7, 11) is 0. The third-order valence-corrected chi connectivity index (χ3v) is 1.87. The van der Waals surface area contributed by atoms with Gasteiger partial charge in [0.05, 0.1) is 5.69 Å². The van der Waals surface area contributed by atoms with Crippen molar-refractivity contribution in [3.05, 3.63) is 42.0 Å². The van der Waals surface area contributed by atoms with Gasteiger partial charge in [-0.25, -0.2) is 4.39 Å². The Labute approximate surface area is 64.1 Å². The van der Waals surface area contributed by atoms with Gasteiger partial charge in [0.2, 0.25) is 0 Å². The fraction of sp³-hybridized carbons (Fsp3) is 0.111. The Balaban J connectivity index is 2.92. The van der Waals surface area contributed by atoms with Gasteiger partial charge >= 0.3 is 0 Å². The highest BCUT2D eigenvalue weighted by Gasteiger charge is 2.02. The van der Waals surface area contributed by atoms with Crippen molar-refractivity contribution in [2.45, 2.75) is 6.92 Å². The Bertz CT molecular complexity index is 389. The molecule has 2 heteroatoms. The molecule has 2 aromatic rings. The third-order valence-electron chi connectivity index (χ3n) is 1.87. The summed E-state index contributed by atoms with van der Waals surface area (Å²) in [6.45, 7) is 1.77. The van der Waals surface area contributed by atoms with E-state index in [1.807, 2.05) is 28.8 Å². The monoisotopic (exact) mass is 149 g/mol. The molecule has 2 heterocycles. The molecule has 0 bridgehead atoms. The van der Waals surface area contributed by atoms with Gasteiger partial charge in [0, 0.05) is 11.7 Å². The van der Waals surface area contributed by atoms with Gasteiger partial charge < -0.3 is 4.40 Å². The maximum Gasteiger partial charge on any atom is 0.144 e. The van der Waals surface area contributed by atoms with Gasteiger partial charge in [0.1, 0.15) is 5.82 Å². The summed E-state index contributed by atoms with van der Waals surface area (Å²) in [5.74, 6) is -0.142. The zero-order chi connectivity index (χ0) is 7.84. The average Bonchev–Trinajstić information content (AvgIpc) is 2.30. The maximum absolute atomic E-state index is 12.9. The lowest BCUT2D eigenvalue weighted by Crippen LogP contribution is -1.84. The molecule has 1 nitrogen and oxygen atoms in total. The fourth-order valence-electron chi connectivity index (χ4n) is 1.23.